The van der Waals surface area contributed by atoms with Crippen molar-refractivity contribution in [2.45, 2.75) is 0 Å². The number of benzene rings is 1. The third-order valence-corrected chi connectivity index (χ3v) is 1.55. The highest BCUT2D eigenvalue weighted by molar-refractivity contribution is 5.44. The summed E-state index contributed by atoms with van der Waals surface area (Å²) in [6.45, 7) is 0.910. The summed E-state index contributed by atoms with van der Waals surface area (Å²) in [4.78, 5) is 0. The molecule has 0 spiro atoms. The fourth-order valence-corrected chi connectivity index (χ4v) is 0.921. The van der Waals surface area contributed by atoms with Gasteiger partial charge in [-0.05, 0) is 18.2 Å². The van der Waals surface area contributed by atoms with E-state index in [1.165, 1.54) is 0 Å². The molecule has 0 saturated heterocycles. The zero-order chi connectivity index (χ0) is 9.68. The highest BCUT2D eigenvalue weighted by Gasteiger charge is 2.01. The van der Waals surface area contributed by atoms with Crippen LogP contribution >= 0.6 is 0 Å². The predicted octanol–water partition coefficient (Wildman–Crippen LogP) is 2.02. The Labute approximate surface area is 75.5 Å². The Kier molecular flexibility index (Phi) is 3.64. The van der Waals surface area contributed by atoms with Gasteiger partial charge in [-0.3, -0.25) is 0 Å². The molecule has 0 aliphatic rings. The van der Waals surface area contributed by atoms with Crippen molar-refractivity contribution in [2.75, 3.05) is 25.6 Å². The first-order valence-corrected chi connectivity index (χ1v) is 3.92. The van der Waals surface area contributed by atoms with Crippen molar-refractivity contribution < 1.29 is 13.5 Å². The quantitative estimate of drug-likeness (QED) is 0.728. The third kappa shape index (κ3) is 2.99. The van der Waals surface area contributed by atoms with E-state index >= 15 is 0 Å². The lowest BCUT2D eigenvalue weighted by Gasteiger charge is -2.06. The summed E-state index contributed by atoms with van der Waals surface area (Å²) in [6.07, 6.45) is 0. The van der Waals surface area contributed by atoms with Gasteiger partial charge in [-0.2, -0.15) is 0 Å². The van der Waals surface area contributed by atoms with Crippen LogP contribution in [0.15, 0.2) is 18.2 Å². The zero-order valence-corrected chi connectivity index (χ0v) is 7.31. The summed E-state index contributed by atoms with van der Waals surface area (Å²) in [7, 11) is 1.55. The molecule has 4 heteroatoms. The number of hydrogen-bond donors (Lipinski definition) is 1. The van der Waals surface area contributed by atoms with Gasteiger partial charge < -0.3 is 10.1 Å². The van der Waals surface area contributed by atoms with Crippen LogP contribution in [-0.2, 0) is 4.74 Å². The molecule has 1 aromatic rings. The predicted molar refractivity (Wildman–Crippen MR) is 46.7 cm³/mol. The summed E-state index contributed by atoms with van der Waals surface area (Å²) >= 11 is 0. The Morgan fingerprint density at radius 3 is 2.85 bits per heavy atom. The molecule has 1 aromatic carbocycles. The van der Waals surface area contributed by atoms with Crippen molar-refractivity contribution >= 4 is 5.69 Å². The van der Waals surface area contributed by atoms with E-state index in [-0.39, 0.29) is 5.69 Å². The number of hydrogen-bond acceptors (Lipinski definition) is 2. The van der Waals surface area contributed by atoms with Crippen molar-refractivity contribution in [2.24, 2.45) is 0 Å². The highest BCUT2D eigenvalue weighted by Crippen LogP contribution is 2.14. The minimum atomic E-state index is -0.461. The Hall–Kier alpha value is -1.16. The van der Waals surface area contributed by atoms with Crippen LogP contribution in [-0.4, -0.2) is 20.3 Å². The van der Waals surface area contributed by atoms with E-state index in [2.05, 4.69) is 5.32 Å². The van der Waals surface area contributed by atoms with Gasteiger partial charge in [-0.15, -0.1) is 0 Å². The van der Waals surface area contributed by atoms with E-state index in [0.717, 1.165) is 18.2 Å². The van der Waals surface area contributed by atoms with Crippen molar-refractivity contribution in [1.29, 1.82) is 0 Å². The fourth-order valence-electron chi connectivity index (χ4n) is 0.921. The first-order chi connectivity index (χ1) is 6.24. The van der Waals surface area contributed by atoms with Gasteiger partial charge in [-0.1, -0.05) is 0 Å². The van der Waals surface area contributed by atoms with E-state index < -0.39 is 11.6 Å². The summed E-state index contributed by atoms with van der Waals surface area (Å²) in [5, 5.41) is 2.71. The molecule has 2 nitrogen and oxygen atoms in total. The average molecular weight is 187 g/mol. The van der Waals surface area contributed by atoms with E-state index in [4.69, 9.17) is 4.74 Å². The van der Waals surface area contributed by atoms with E-state index in [9.17, 15) is 8.78 Å². The Morgan fingerprint density at radius 2 is 2.15 bits per heavy atom. The van der Waals surface area contributed by atoms with Crippen LogP contribution < -0.4 is 5.32 Å². The molecule has 0 heterocycles. The van der Waals surface area contributed by atoms with Gasteiger partial charge in [0.05, 0.1) is 12.3 Å². The van der Waals surface area contributed by atoms with E-state index in [1.54, 1.807) is 7.11 Å². The van der Waals surface area contributed by atoms with E-state index in [1.807, 2.05) is 0 Å². The maximum Gasteiger partial charge on any atom is 0.146 e. The SMILES string of the molecule is COCCNc1cc(F)ccc1F. The van der Waals surface area contributed by atoms with Gasteiger partial charge >= 0.3 is 0 Å². The van der Waals surface area contributed by atoms with E-state index in [0.29, 0.717) is 13.2 Å². The standard InChI is InChI=1S/C9H11F2NO/c1-13-5-4-12-9-6-7(10)2-3-8(9)11/h2-3,6,12H,4-5H2,1H3. The van der Waals surface area contributed by atoms with Crippen LogP contribution in [0.2, 0.25) is 0 Å². The average Bonchev–Trinajstić information content (AvgIpc) is 2.11. The molecular formula is C9H11F2NO. The third-order valence-electron chi connectivity index (χ3n) is 1.55. The Morgan fingerprint density at radius 1 is 1.38 bits per heavy atom. The van der Waals surface area contributed by atoms with Gasteiger partial charge in [0.2, 0.25) is 0 Å². The molecule has 0 aromatic heterocycles. The number of ether oxygens (including phenoxy) is 1. The second kappa shape index (κ2) is 4.77. The summed E-state index contributed by atoms with van der Waals surface area (Å²) < 4.78 is 30.3. The molecule has 0 aliphatic heterocycles. The number of rotatable bonds is 4. The molecule has 0 atom stereocenters. The van der Waals surface area contributed by atoms with Gasteiger partial charge in [0.25, 0.3) is 0 Å². The summed E-state index contributed by atoms with van der Waals surface area (Å²) in [5.41, 5.74) is 0.164. The molecule has 72 valence electrons. The van der Waals surface area contributed by atoms with Crippen LogP contribution in [0.25, 0.3) is 0 Å². The fraction of sp³-hybridized carbons (Fsp3) is 0.333. The van der Waals surface area contributed by atoms with Crippen molar-refractivity contribution in [1.82, 2.24) is 0 Å². The molecule has 13 heavy (non-hydrogen) atoms. The van der Waals surface area contributed by atoms with Gasteiger partial charge in [-0.25, -0.2) is 8.78 Å². The van der Waals surface area contributed by atoms with Crippen LogP contribution in [0.1, 0.15) is 0 Å². The lowest BCUT2D eigenvalue weighted by Crippen LogP contribution is -2.08. The maximum atomic E-state index is 12.9. The number of anilines is 1. The first kappa shape index (κ1) is 9.92. The molecular weight excluding hydrogens is 176 g/mol. The summed E-state index contributed by atoms with van der Waals surface area (Å²) in [6, 6.07) is 3.28. The van der Waals surface area contributed by atoms with Gasteiger partial charge in [0, 0.05) is 13.7 Å². The largest absolute Gasteiger partial charge is 0.383 e. The van der Waals surface area contributed by atoms with Gasteiger partial charge in [0.15, 0.2) is 0 Å². The van der Waals surface area contributed by atoms with Crippen molar-refractivity contribution in [3.8, 4) is 0 Å². The van der Waals surface area contributed by atoms with Crippen LogP contribution in [0, 0.1) is 11.6 Å². The molecule has 0 saturated carbocycles. The maximum absolute atomic E-state index is 12.9. The molecule has 0 bridgehead atoms. The topological polar surface area (TPSA) is 21.3 Å². The van der Waals surface area contributed by atoms with Gasteiger partial charge in [0.1, 0.15) is 11.6 Å². The minimum Gasteiger partial charge on any atom is -0.383 e. The monoisotopic (exact) mass is 187 g/mol. The number of nitrogens with one attached hydrogen (secondary N) is 1. The Bertz CT molecular complexity index is 278. The number of methoxy groups -OCH3 is 1. The summed E-state index contributed by atoms with van der Waals surface area (Å²) in [5.74, 6) is -0.918. The molecule has 0 aliphatic carbocycles. The lowest BCUT2D eigenvalue weighted by atomic mass is 10.3. The minimum absolute atomic E-state index is 0.164. The molecule has 0 radical (unpaired) electrons. The smallest absolute Gasteiger partial charge is 0.146 e. The van der Waals surface area contributed by atoms with Crippen molar-refractivity contribution in [3.05, 3.63) is 29.8 Å². The normalized spacial score (nSPS) is 10.1. The highest BCUT2D eigenvalue weighted by atomic mass is 19.1. The van der Waals surface area contributed by atoms with Crippen LogP contribution in [0.5, 0.6) is 0 Å². The second-order valence-corrected chi connectivity index (χ2v) is 2.54. The molecule has 0 unspecified atom stereocenters. The Balaban J connectivity index is 2.59. The van der Waals surface area contributed by atoms with Crippen molar-refractivity contribution in [3.63, 3.8) is 0 Å². The molecule has 0 fully saturated rings. The molecule has 1 rings (SSSR count). The first-order valence-electron chi connectivity index (χ1n) is 3.92. The lowest BCUT2D eigenvalue weighted by molar-refractivity contribution is 0.210. The molecule has 1 N–H and O–H groups in total. The number of halogens is 2. The zero-order valence-electron chi connectivity index (χ0n) is 7.31. The van der Waals surface area contributed by atoms with Crippen LogP contribution in [0.3, 0.4) is 0 Å². The second-order valence-electron chi connectivity index (χ2n) is 2.54. The molecule has 0 amide bonds. The van der Waals surface area contributed by atoms with Crippen LogP contribution in [0.4, 0.5) is 14.5 Å².